The number of carbonyl (C=O) groups is 1. The van der Waals surface area contributed by atoms with Gasteiger partial charge in [-0.25, -0.2) is 13.2 Å². The molecule has 0 radical (unpaired) electrons. The summed E-state index contributed by atoms with van der Waals surface area (Å²) in [5, 5.41) is 11.7. The molecule has 6 nitrogen and oxygen atoms in total. The zero-order chi connectivity index (χ0) is 15.5. The Labute approximate surface area is 122 Å². The lowest BCUT2D eigenvalue weighted by molar-refractivity contribution is -0.138. The van der Waals surface area contributed by atoms with Crippen molar-refractivity contribution in [2.45, 2.75) is 18.2 Å². The maximum absolute atomic E-state index is 11.7. The molecule has 1 aliphatic heterocycles. The van der Waals surface area contributed by atoms with Crippen LogP contribution >= 0.6 is 0 Å². The second-order valence-electron chi connectivity index (χ2n) is 4.43. The van der Waals surface area contributed by atoms with Crippen LogP contribution in [-0.2, 0) is 25.8 Å². The normalized spacial score (nSPS) is 15.9. The summed E-state index contributed by atoms with van der Waals surface area (Å²) in [5.41, 5.74) is 1.20. The molecule has 0 saturated heterocycles. The molecule has 0 unspecified atom stereocenters. The molecule has 0 bridgehead atoms. The molecule has 1 aromatic rings. The third-order valence-electron chi connectivity index (χ3n) is 3.03. The Hall–Kier alpha value is -2.33. The Bertz CT molecular complexity index is 745. The Morgan fingerprint density at radius 3 is 2.95 bits per heavy atom. The molecule has 110 valence electrons. The molecule has 0 atom stereocenters. The van der Waals surface area contributed by atoms with Crippen molar-refractivity contribution in [2.75, 3.05) is 17.7 Å². The van der Waals surface area contributed by atoms with Gasteiger partial charge in [-0.15, -0.1) is 0 Å². The van der Waals surface area contributed by atoms with E-state index in [9.17, 15) is 13.2 Å². The van der Waals surface area contributed by atoms with Gasteiger partial charge in [0.1, 0.15) is 6.07 Å². The van der Waals surface area contributed by atoms with Gasteiger partial charge in [0.05, 0.1) is 17.3 Å². The number of hydrogen-bond donors (Lipinski definition) is 1. The van der Waals surface area contributed by atoms with E-state index in [1.165, 1.54) is 12.3 Å². The van der Waals surface area contributed by atoms with E-state index in [-0.39, 0.29) is 17.9 Å². The van der Waals surface area contributed by atoms with Crippen molar-refractivity contribution in [2.24, 2.45) is 0 Å². The van der Waals surface area contributed by atoms with E-state index >= 15 is 0 Å². The Kier molecular flexibility index (Phi) is 4.29. The Balaban J connectivity index is 2.19. The zero-order valence-corrected chi connectivity index (χ0v) is 12.2. The summed E-state index contributed by atoms with van der Waals surface area (Å²) in [6, 6.07) is 6.58. The minimum Gasteiger partial charge on any atom is -0.462 e. The number of anilines is 1. The summed E-state index contributed by atoms with van der Waals surface area (Å²) in [6.07, 6.45) is 1.73. The van der Waals surface area contributed by atoms with Crippen LogP contribution in [0.1, 0.15) is 12.5 Å². The van der Waals surface area contributed by atoms with E-state index in [0.29, 0.717) is 17.0 Å². The van der Waals surface area contributed by atoms with Crippen LogP contribution in [0.2, 0.25) is 0 Å². The molecule has 0 spiro atoms. The van der Waals surface area contributed by atoms with Gasteiger partial charge < -0.3 is 10.1 Å². The number of rotatable bonds is 4. The number of carbonyl (C=O) groups excluding carboxylic acids is 1. The van der Waals surface area contributed by atoms with Gasteiger partial charge in [0.25, 0.3) is 0 Å². The smallest absolute Gasteiger partial charge is 0.350 e. The quantitative estimate of drug-likeness (QED) is 0.513. The van der Waals surface area contributed by atoms with E-state index < -0.39 is 15.8 Å². The van der Waals surface area contributed by atoms with Crippen LogP contribution in [0.4, 0.5) is 5.69 Å². The summed E-state index contributed by atoms with van der Waals surface area (Å²) in [7, 11) is -3.15. The molecule has 0 saturated carbocycles. The van der Waals surface area contributed by atoms with Crippen LogP contribution in [0.25, 0.3) is 0 Å². The van der Waals surface area contributed by atoms with Crippen molar-refractivity contribution < 1.29 is 17.9 Å². The van der Waals surface area contributed by atoms with Gasteiger partial charge in [-0.3, -0.25) is 0 Å². The summed E-state index contributed by atoms with van der Waals surface area (Å²) < 4.78 is 28.1. The molecular weight excluding hydrogens is 292 g/mol. The predicted molar refractivity (Wildman–Crippen MR) is 76.2 cm³/mol. The molecule has 7 heteroatoms. The second kappa shape index (κ2) is 5.97. The molecule has 1 aliphatic rings. The van der Waals surface area contributed by atoms with E-state index in [0.717, 1.165) is 5.56 Å². The van der Waals surface area contributed by atoms with Crippen LogP contribution in [0, 0.1) is 11.3 Å². The van der Waals surface area contributed by atoms with E-state index in [1.807, 2.05) is 0 Å². The minimum atomic E-state index is -3.15. The number of benzene rings is 1. The Morgan fingerprint density at radius 1 is 1.52 bits per heavy atom. The fraction of sp³-hybridized carbons (Fsp3) is 0.286. The number of ether oxygens (including phenoxy) is 1. The maximum Gasteiger partial charge on any atom is 0.350 e. The average molecular weight is 306 g/mol. The number of nitrogens with zero attached hydrogens (tertiary/aromatic N) is 1. The van der Waals surface area contributed by atoms with Crippen molar-refractivity contribution in [1.82, 2.24) is 0 Å². The van der Waals surface area contributed by atoms with Gasteiger partial charge in [-0.05, 0) is 37.1 Å². The van der Waals surface area contributed by atoms with Crippen molar-refractivity contribution >= 4 is 21.5 Å². The molecule has 2 rings (SSSR count). The highest BCUT2D eigenvalue weighted by molar-refractivity contribution is 7.91. The summed E-state index contributed by atoms with van der Waals surface area (Å²) >= 11 is 0. The lowest BCUT2D eigenvalue weighted by Gasteiger charge is -2.05. The molecule has 1 heterocycles. The summed E-state index contributed by atoms with van der Waals surface area (Å²) in [6.45, 7) is 1.84. The van der Waals surface area contributed by atoms with Crippen molar-refractivity contribution in [3.05, 3.63) is 35.5 Å². The third kappa shape index (κ3) is 3.23. The average Bonchev–Trinajstić information content (AvgIpc) is 2.75. The van der Waals surface area contributed by atoms with Crippen LogP contribution in [-0.4, -0.2) is 26.7 Å². The zero-order valence-electron chi connectivity index (χ0n) is 11.4. The van der Waals surface area contributed by atoms with Gasteiger partial charge in [-0.2, -0.15) is 5.26 Å². The van der Waals surface area contributed by atoms with E-state index in [2.05, 4.69) is 5.32 Å². The fourth-order valence-corrected chi connectivity index (χ4v) is 3.57. The maximum atomic E-state index is 11.7. The second-order valence-corrected chi connectivity index (χ2v) is 6.50. The van der Waals surface area contributed by atoms with Crippen LogP contribution in [0.5, 0.6) is 0 Å². The summed E-state index contributed by atoms with van der Waals surface area (Å²) in [4.78, 5) is 11.8. The summed E-state index contributed by atoms with van der Waals surface area (Å²) in [5.74, 6) is -0.579. The number of nitriles is 1. The van der Waals surface area contributed by atoms with Gasteiger partial charge in [0, 0.05) is 11.9 Å². The first-order valence-corrected chi connectivity index (χ1v) is 8.02. The van der Waals surface area contributed by atoms with E-state index in [1.54, 1.807) is 25.1 Å². The van der Waals surface area contributed by atoms with Crippen LogP contribution in [0.3, 0.4) is 0 Å². The molecule has 0 amide bonds. The topological polar surface area (TPSA) is 96.3 Å². The lowest BCUT2D eigenvalue weighted by Crippen LogP contribution is -2.08. The van der Waals surface area contributed by atoms with Gasteiger partial charge in [0.2, 0.25) is 0 Å². The number of aryl methyl sites for hydroxylation is 1. The van der Waals surface area contributed by atoms with Crippen LogP contribution < -0.4 is 5.32 Å². The third-order valence-corrected chi connectivity index (χ3v) is 4.84. The SMILES string of the molecule is CCOC(=O)/C(C#N)=C\Nc1ccc2c(c1)CCS2(=O)=O. The van der Waals surface area contributed by atoms with Gasteiger partial charge in [0.15, 0.2) is 15.4 Å². The molecular formula is C14H14N2O4S. The lowest BCUT2D eigenvalue weighted by atomic mass is 10.1. The number of hydrogen-bond acceptors (Lipinski definition) is 6. The fourth-order valence-electron chi connectivity index (χ4n) is 2.02. The predicted octanol–water partition coefficient (Wildman–Crippen LogP) is 1.40. The highest BCUT2D eigenvalue weighted by Crippen LogP contribution is 2.28. The molecule has 0 aromatic heterocycles. The first kappa shape index (κ1) is 15.1. The van der Waals surface area contributed by atoms with E-state index in [4.69, 9.17) is 10.00 Å². The van der Waals surface area contributed by atoms with Crippen molar-refractivity contribution in [3.8, 4) is 6.07 Å². The monoisotopic (exact) mass is 306 g/mol. The first-order chi connectivity index (χ1) is 9.97. The highest BCUT2D eigenvalue weighted by atomic mass is 32.2. The molecule has 21 heavy (non-hydrogen) atoms. The van der Waals surface area contributed by atoms with Gasteiger partial charge in [-0.1, -0.05) is 0 Å². The number of esters is 1. The van der Waals surface area contributed by atoms with Crippen molar-refractivity contribution in [1.29, 1.82) is 5.26 Å². The van der Waals surface area contributed by atoms with Crippen LogP contribution in [0.15, 0.2) is 34.9 Å². The number of sulfone groups is 1. The molecule has 0 fully saturated rings. The molecule has 1 aromatic carbocycles. The standard InChI is InChI=1S/C14H14N2O4S/c1-2-20-14(17)11(8-15)9-16-12-3-4-13-10(7-12)5-6-21(13,18)19/h3-4,7,9,16H,2,5-6H2,1H3/b11-9-. The number of fused-ring (bicyclic) bond motifs is 1. The Morgan fingerprint density at radius 2 is 2.29 bits per heavy atom. The first-order valence-electron chi connectivity index (χ1n) is 6.37. The molecule has 0 aliphatic carbocycles. The number of nitrogens with one attached hydrogen (secondary N) is 1. The minimum absolute atomic E-state index is 0.119. The molecule has 1 N–H and O–H groups in total. The largest absolute Gasteiger partial charge is 0.462 e. The van der Waals surface area contributed by atoms with Crippen molar-refractivity contribution in [3.63, 3.8) is 0 Å². The highest BCUT2D eigenvalue weighted by Gasteiger charge is 2.25. The van der Waals surface area contributed by atoms with Gasteiger partial charge >= 0.3 is 5.97 Å².